The van der Waals surface area contributed by atoms with Gasteiger partial charge >= 0.3 is 11.9 Å². The molecule has 104 valence electrons. The van der Waals surface area contributed by atoms with Gasteiger partial charge in [0.15, 0.2) is 5.92 Å². The molecule has 0 radical (unpaired) electrons. The van der Waals surface area contributed by atoms with Crippen LogP contribution in [0.3, 0.4) is 0 Å². The van der Waals surface area contributed by atoms with E-state index >= 15 is 0 Å². The molecule has 3 unspecified atom stereocenters. The summed E-state index contributed by atoms with van der Waals surface area (Å²) in [5, 5.41) is 0. The number of rotatable bonds is 5. The van der Waals surface area contributed by atoms with E-state index in [-0.39, 0.29) is 0 Å². The number of carbonyl (C=O) groups excluding carboxylic acids is 2. The molecule has 0 aromatic heterocycles. The lowest BCUT2D eigenvalue weighted by molar-refractivity contribution is -0.158. The first-order valence-corrected chi connectivity index (χ1v) is 6.66. The van der Waals surface area contributed by atoms with Crippen molar-refractivity contribution in [2.24, 2.45) is 23.7 Å². The summed E-state index contributed by atoms with van der Waals surface area (Å²) in [5.41, 5.74) is 0. The van der Waals surface area contributed by atoms with Gasteiger partial charge in [0.05, 0.1) is 14.2 Å². The van der Waals surface area contributed by atoms with E-state index in [0.717, 1.165) is 5.92 Å². The van der Waals surface area contributed by atoms with Crippen LogP contribution in [-0.2, 0) is 19.1 Å². The van der Waals surface area contributed by atoms with Gasteiger partial charge in [0.1, 0.15) is 0 Å². The summed E-state index contributed by atoms with van der Waals surface area (Å²) in [6.45, 7) is 0. The molecule has 2 bridgehead atoms. The second-order valence-electron chi connectivity index (χ2n) is 5.21. The van der Waals surface area contributed by atoms with Crippen molar-refractivity contribution >= 4 is 11.9 Å². The van der Waals surface area contributed by atoms with E-state index < -0.39 is 17.9 Å². The molecule has 2 rings (SSSR count). The molecule has 0 aromatic rings. The van der Waals surface area contributed by atoms with Crippen LogP contribution in [0.25, 0.3) is 0 Å². The molecule has 0 aromatic carbocycles. The van der Waals surface area contributed by atoms with Gasteiger partial charge in [-0.15, -0.1) is 0 Å². The van der Waals surface area contributed by atoms with Crippen LogP contribution in [0.1, 0.15) is 19.3 Å². The van der Waals surface area contributed by atoms with Crippen molar-refractivity contribution in [1.82, 2.24) is 0 Å². The van der Waals surface area contributed by atoms with Crippen molar-refractivity contribution in [3.63, 3.8) is 0 Å². The van der Waals surface area contributed by atoms with Gasteiger partial charge in [0.25, 0.3) is 0 Å². The first-order chi connectivity index (χ1) is 9.15. The Balaban J connectivity index is 1.89. The van der Waals surface area contributed by atoms with E-state index in [2.05, 4.69) is 27.7 Å². The van der Waals surface area contributed by atoms with Gasteiger partial charge in [-0.3, -0.25) is 9.59 Å². The van der Waals surface area contributed by atoms with Crippen LogP contribution in [0.15, 0.2) is 24.3 Å². The summed E-state index contributed by atoms with van der Waals surface area (Å²) in [6, 6.07) is 0. The number of ether oxygens (including phenoxy) is 2. The molecule has 1 saturated carbocycles. The fourth-order valence-corrected chi connectivity index (χ4v) is 3.01. The summed E-state index contributed by atoms with van der Waals surface area (Å²) >= 11 is 0. The van der Waals surface area contributed by atoms with Crippen LogP contribution in [0.5, 0.6) is 0 Å². The molecule has 0 saturated heterocycles. The Hall–Kier alpha value is -1.58. The largest absolute Gasteiger partial charge is 0.468 e. The van der Waals surface area contributed by atoms with Gasteiger partial charge in [0.2, 0.25) is 0 Å². The monoisotopic (exact) mass is 264 g/mol. The molecular formula is C15H20O4. The zero-order valence-corrected chi connectivity index (χ0v) is 11.4. The van der Waals surface area contributed by atoms with Gasteiger partial charge in [0, 0.05) is 0 Å². The van der Waals surface area contributed by atoms with E-state index in [1.165, 1.54) is 27.1 Å². The predicted molar refractivity (Wildman–Crippen MR) is 70.1 cm³/mol. The lowest BCUT2D eigenvalue weighted by Gasteiger charge is -2.14. The molecule has 0 spiro atoms. The smallest absolute Gasteiger partial charge is 0.320 e. The second-order valence-corrected chi connectivity index (χ2v) is 5.21. The average Bonchev–Trinajstić information content (AvgIpc) is 3.04. The first-order valence-electron chi connectivity index (χ1n) is 6.66. The SMILES string of the molecule is COC(=O)C(C/C=C/C1CC2C=CC1C2)C(=O)OC. The van der Waals surface area contributed by atoms with Crippen LogP contribution in [0, 0.1) is 23.7 Å². The minimum atomic E-state index is -0.847. The molecule has 0 aliphatic heterocycles. The second kappa shape index (κ2) is 6.04. The highest BCUT2D eigenvalue weighted by atomic mass is 16.5. The Morgan fingerprint density at radius 1 is 1.21 bits per heavy atom. The Labute approximate surface area is 113 Å². The van der Waals surface area contributed by atoms with E-state index in [0.29, 0.717) is 18.3 Å². The zero-order valence-electron chi connectivity index (χ0n) is 11.4. The molecule has 0 heterocycles. The quantitative estimate of drug-likeness (QED) is 0.433. The highest BCUT2D eigenvalue weighted by Gasteiger charge is 2.34. The van der Waals surface area contributed by atoms with Crippen LogP contribution in [0.2, 0.25) is 0 Å². The Morgan fingerprint density at radius 3 is 2.37 bits per heavy atom. The summed E-state index contributed by atoms with van der Waals surface area (Å²) in [4.78, 5) is 23.0. The van der Waals surface area contributed by atoms with Gasteiger partial charge < -0.3 is 9.47 Å². The normalized spacial score (nSPS) is 28.3. The number of hydrogen-bond acceptors (Lipinski definition) is 4. The van der Waals surface area contributed by atoms with Crippen LogP contribution in [0.4, 0.5) is 0 Å². The van der Waals surface area contributed by atoms with Crippen LogP contribution >= 0.6 is 0 Å². The van der Waals surface area contributed by atoms with Gasteiger partial charge in [-0.2, -0.15) is 0 Å². The van der Waals surface area contributed by atoms with Crippen molar-refractivity contribution in [2.45, 2.75) is 19.3 Å². The highest BCUT2D eigenvalue weighted by Crippen LogP contribution is 2.44. The number of carbonyl (C=O) groups is 2. The predicted octanol–water partition coefficient (Wildman–Crippen LogP) is 2.11. The molecule has 2 aliphatic rings. The third kappa shape index (κ3) is 3.06. The fourth-order valence-electron chi connectivity index (χ4n) is 3.01. The Morgan fingerprint density at radius 2 is 1.89 bits per heavy atom. The van der Waals surface area contributed by atoms with Gasteiger partial charge in [-0.25, -0.2) is 0 Å². The summed E-state index contributed by atoms with van der Waals surface area (Å²) in [5.74, 6) is -0.0207. The van der Waals surface area contributed by atoms with E-state index in [4.69, 9.17) is 0 Å². The van der Waals surface area contributed by atoms with E-state index in [1.807, 2.05) is 6.08 Å². The van der Waals surface area contributed by atoms with Crippen molar-refractivity contribution in [2.75, 3.05) is 14.2 Å². The molecule has 4 heteroatoms. The van der Waals surface area contributed by atoms with Crippen molar-refractivity contribution in [3.8, 4) is 0 Å². The number of hydrogen-bond donors (Lipinski definition) is 0. The number of methoxy groups -OCH3 is 2. The molecular weight excluding hydrogens is 244 g/mol. The minimum absolute atomic E-state index is 0.344. The van der Waals surface area contributed by atoms with Crippen LogP contribution < -0.4 is 0 Å². The highest BCUT2D eigenvalue weighted by molar-refractivity contribution is 5.94. The van der Waals surface area contributed by atoms with Crippen molar-refractivity contribution < 1.29 is 19.1 Å². The third-order valence-electron chi connectivity index (χ3n) is 4.06. The fraction of sp³-hybridized carbons (Fsp3) is 0.600. The molecule has 2 aliphatic carbocycles. The van der Waals surface area contributed by atoms with Crippen LogP contribution in [-0.4, -0.2) is 26.2 Å². The average molecular weight is 264 g/mol. The maximum Gasteiger partial charge on any atom is 0.320 e. The molecule has 1 fully saturated rings. The van der Waals surface area contributed by atoms with E-state index in [1.54, 1.807) is 0 Å². The Bertz CT molecular complexity index is 394. The molecule has 4 nitrogen and oxygen atoms in total. The molecule has 19 heavy (non-hydrogen) atoms. The maximum absolute atomic E-state index is 11.5. The number of fused-ring (bicyclic) bond motifs is 2. The maximum atomic E-state index is 11.5. The summed E-state index contributed by atoms with van der Waals surface area (Å²) < 4.78 is 9.24. The zero-order chi connectivity index (χ0) is 13.8. The topological polar surface area (TPSA) is 52.6 Å². The Kier molecular flexibility index (Phi) is 4.40. The first kappa shape index (κ1) is 13.8. The third-order valence-corrected chi connectivity index (χ3v) is 4.06. The van der Waals surface area contributed by atoms with Crippen molar-refractivity contribution in [1.29, 1.82) is 0 Å². The summed E-state index contributed by atoms with van der Waals surface area (Å²) in [6.07, 6.45) is 11.4. The van der Waals surface area contributed by atoms with Gasteiger partial charge in [-0.05, 0) is 37.0 Å². The molecule has 0 N–H and O–H groups in total. The number of esters is 2. The van der Waals surface area contributed by atoms with Gasteiger partial charge in [-0.1, -0.05) is 24.3 Å². The summed E-state index contributed by atoms with van der Waals surface area (Å²) in [7, 11) is 2.56. The molecule has 0 amide bonds. The van der Waals surface area contributed by atoms with E-state index in [9.17, 15) is 9.59 Å². The standard InChI is InChI=1S/C15H20O4/c1-18-14(16)13(15(17)19-2)5-3-4-11-8-10-6-7-12(11)9-10/h3-4,6-7,10-13H,5,8-9H2,1-2H3/b4-3+. The lowest BCUT2D eigenvalue weighted by atomic mass is 9.92. The minimum Gasteiger partial charge on any atom is -0.468 e. The number of allylic oxidation sites excluding steroid dienone is 4. The molecule has 3 atom stereocenters. The lowest BCUT2D eigenvalue weighted by Crippen LogP contribution is -2.26. The van der Waals surface area contributed by atoms with Crippen molar-refractivity contribution in [3.05, 3.63) is 24.3 Å².